The van der Waals surface area contributed by atoms with Crippen LogP contribution in [0.3, 0.4) is 0 Å². The molecule has 1 saturated heterocycles. The van der Waals surface area contributed by atoms with E-state index in [0.717, 1.165) is 12.8 Å². The highest BCUT2D eigenvalue weighted by Gasteiger charge is 2.34. The van der Waals surface area contributed by atoms with Crippen LogP contribution >= 0.6 is 0 Å². The Balaban J connectivity index is 1.35. The zero-order chi connectivity index (χ0) is 24.0. The fraction of sp³-hybridized carbons (Fsp3) is 0.500. The molecular formula is C22H27N3O8. The second-order valence-electron chi connectivity index (χ2n) is 8.10. The smallest absolute Gasteiger partial charge is 0.425 e. The number of benzene rings is 1. The van der Waals surface area contributed by atoms with Crippen LogP contribution < -0.4 is 11.1 Å². The molecule has 178 valence electrons. The van der Waals surface area contributed by atoms with E-state index in [2.05, 4.69) is 10.2 Å². The number of hydrogen-bond donors (Lipinski definition) is 2. The van der Waals surface area contributed by atoms with Crippen molar-refractivity contribution in [2.75, 3.05) is 12.3 Å². The predicted molar refractivity (Wildman–Crippen MR) is 113 cm³/mol. The highest BCUT2D eigenvalue weighted by molar-refractivity contribution is 6.01. The number of amides is 3. The van der Waals surface area contributed by atoms with Crippen LogP contribution in [0.15, 0.2) is 24.3 Å². The molecule has 2 aliphatic rings. The summed E-state index contributed by atoms with van der Waals surface area (Å²) in [6, 6.07) is 6.66. The van der Waals surface area contributed by atoms with Gasteiger partial charge in [-0.15, -0.1) is 0 Å². The molecule has 11 nitrogen and oxygen atoms in total. The Morgan fingerprint density at radius 2 is 1.64 bits per heavy atom. The van der Waals surface area contributed by atoms with Crippen LogP contribution in [0, 0.1) is 11.8 Å². The molecule has 1 heterocycles. The minimum absolute atomic E-state index is 0.0373. The first-order chi connectivity index (χ1) is 15.7. The van der Waals surface area contributed by atoms with E-state index in [1.165, 1.54) is 6.92 Å². The Labute approximate surface area is 190 Å². The highest BCUT2D eigenvalue weighted by atomic mass is 16.9. The monoisotopic (exact) mass is 461 g/mol. The largest absolute Gasteiger partial charge is 0.537 e. The fourth-order valence-corrected chi connectivity index (χ4v) is 3.75. The number of hydrogen-bond acceptors (Lipinski definition) is 9. The summed E-state index contributed by atoms with van der Waals surface area (Å²) in [5.74, 6) is -2.06. The molecule has 1 aromatic rings. The van der Waals surface area contributed by atoms with Crippen LogP contribution in [0.1, 0.15) is 55.8 Å². The van der Waals surface area contributed by atoms with Crippen molar-refractivity contribution in [1.29, 1.82) is 0 Å². The van der Waals surface area contributed by atoms with E-state index in [4.69, 9.17) is 15.2 Å². The van der Waals surface area contributed by atoms with Gasteiger partial charge in [0.2, 0.25) is 6.29 Å². The standard InChI is InChI=1S/C22H27N3O8/c1-13(32-22(30)33-25-18(26)10-11-19(25)27)31-21(29)16-4-2-14(3-5-16)12-24-20(28)15-6-8-17(23)9-7-15/h6-9,13-14,16H,2-5,10-12,23H2,1H3,(H,24,28). The Bertz CT molecular complexity index is 893. The molecule has 2 fully saturated rings. The van der Waals surface area contributed by atoms with Crippen molar-refractivity contribution in [3.63, 3.8) is 0 Å². The van der Waals surface area contributed by atoms with E-state index < -0.39 is 30.2 Å². The minimum atomic E-state index is -1.31. The molecule has 3 amide bonds. The van der Waals surface area contributed by atoms with Gasteiger partial charge in [-0.1, -0.05) is 5.06 Å². The van der Waals surface area contributed by atoms with Crippen LogP contribution in [-0.2, 0) is 28.7 Å². The Hall–Kier alpha value is -3.63. The van der Waals surface area contributed by atoms with Crippen molar-refractivity contribution < 1.29 is 38.3 Å². The summed E-state index contributed by atoms with van der Waals surface area (Å²) in [7, 11) is 0. The van der Waals surface area contributed by atoms with Crippen LogP contribution in [0.4, 0.5) is 10.5 Å². The summed E-state index contributed by atoms with van der Waals surface area (Å²) in [5.41, 5.74) is 6.75. The fourth-order valence-electron chi connectivity index (χ4n) is 3.75. The van der Waals surface area contributed by atoms with Gasteiger partial charge in [0.05, 0.1) is 5.92 Å². The Morgan fingerprint density at radius 1 is 1.03 bits per heavy atom. The minimum Gasteiger partial charge on any atom is -0.425 e. The number of nitrogens with one attached hydrogen (secondary N) is 1. The van der Waals surface area contributed by atoms with Gasteiger partial charge < -0.3 is 20.5 Å². The molecular weight excluding hydrogens is 434 g/mol. The Morgan fingerprint density at radius 3 is 2.24 bits per heavy atom. The van der Waals surface area contributed by atoms with Gasteiger partial charge in [0, 0.05) is 37.6 Å². The predicted octanol–water partition coefficient (Wildman–Crippen LogP) is 1.91. The van der Waals surface area contributed by atoms with E-state index >= 15 is 0 Å². The lowest BCUT2D eigenvalue weighted by atomic mass is 9.82. The average molecular weight is 461 g/mol. The van der Waals surface area contributed by atoms with Gasteiger partial charge >= 0.3 is 12.1 Å². The molecule has 33 heavy (non-hydrogen) atoms. The van der Waals surface area contributed by atoms with Gasteiger partial charge in [-0.05, 0) is 55.9 Å². The second-order valence-corrected chi connectivity index (χ2v) is 8.10. The van der Waals surface area contributed by atoms with Crippen molar-refractivity contribution in [2.24, 2.45) is 11.8 Å². The number of anilines is 1. The first kappa shape index (κ1) is 24.0. The number of carbonyl (C=O) groups excluding carboxylic acids is 5. The van der Waals surface area contributed by atoms with Crippen molar-refractivity contribution in [3.8, 4) is 0 Å². The van der Waals surface area contributed by atoms with E-state index in [9.17, 15) is 24.0 Å². The van der Waals surface area contributed by atoms with Gasteiger partial charge in [-0.3, -0.25) is 24.0 Å². The maximum atomic E-state index is 12.4. The number of rotatable bonds is 7. The average Bonchev–Trinajstić information content (AvgIpc) is 3.10. The summed E-state index contributed by atoms with van der Waals surface area (Å²) in [6.45, 7) is 1.84. The zero-order valence-electron chi connectivity index (χ0n) is 18.3. The number of hydroxylamine groups is 2. The number of nitrogen functional groups attached to an aromatic ring is 1. The molecule has 3 N–H and O–H groups in total. The number of carbonyl (C=O) groups is 5. The molecule has 0 aromatic heterocycles. The highest BCUT2D eigenvalue weighted by Crippen LogP contribution is 2.29. The lowest BCUT2D eigenvalue weighted by Gasteiger charge is -2.28. The van der Waals surface area contributed by atoms with Crippen LogP contribution in [0.2, 0.25) is 0 Å². The number of ether oxygens (including phenoxy) is 2. The first-order valence-corrected chi connectivity index (χ1v) is 10.8. The molecule has 1 unspecified atom stereocenters. The van der Waals surface area contributed by atoms with Gasteiger partial charge in [0.25, 0.3) is 17.7 Å². The lowest BCUT2D eigenvalue weighted by Crippen LogP contribution is -2.35. The molecule has 1 saturated carbocycles. The second kappa shape index (κ2) is 10.8. The molecule has 1 aromatic carbocycles. The molecule has 0 bridgehead atoms. The number of nitrogens with two attached hydrogens (primary N) is 1. The van der Waals surface area contributed by atoms with E-state index in [1.807, 2.05) is 0 Å². The molecule has 1 aliphatic heterocycles. The zero-order valence-corrected chi connectivity index (χ0v) is 18.3. The first-order valence-electron chi connectivity index (χ1n) is 10.8. The van der Waals surface area contributed by atoms with Crippen molar-refractivity contribution in [1.82, 2.24) is 10.4 Å². The number of imide groups is 1. The van der Waals surface area contributed by atoms with Crippen molar-refractivity contribution in [3.05, 3.63) is 29.8 Å². The summed E-state index contributed by atoms with van der Waals surface area (Å²) in [4.78, 5) is 63.8. The molecule has 1 atom stereocenters. The normalized spacial score (nSPS) is 21.3. The van der Waals surface area contributed by atoms with Gasteiger partial charge in [0.15, 0.2) is 0 Å². The topological polar surface area (TPSA) is 154 Å². The molecule has 0 radical (unpaired) electrons. The number of nitrogens with zero attached hydrogens (tertiary/aromatic N) is 1. The maximum Gasteiger partial charge on any atom is 0.537 e. The molecule has 11 heteroatoms. The van der Waals surface area contributed by atoms with Crippen molar-refractivity contribution >= 4 is 35.5 Å². The number of esters is 1. The lowest BCUT2D eigenvalue weighted by molar-refractivity contribution is -0.193. The van der Waals surface area contributed by atoms with Crippen LogP contribution in [-0.4, -0.2) is 47.7 Å². The third kappa shape index (κ3) is 6.67. The van der Waals surface area contributed by atoms with Crippen LogP contribution in [0.5, 0.6) is 0 Å². The van der Waals surface area contributed by atoms with E-state index in [-0.39, 0.29) is 30.6 Å². The summed E-state index contributed by atoms with van der Waals surface area (Å²) in [6.07, 6.45) is 0.00418. The molecule has 0 spiro atoms. The quantitative estimate of drug-likeness (QED) is 0.268. The SMILES string of the molecule is CC(OC(=O)ON1C(=O)CCC1=O)OC(=O)C1CCC(CNC(=O)c2ccc(N)cc2)CC1. The summed E-state index contributed by atoms with van der Waals surface area (Å²) >= 11 is 0. The third-order valence-electron chi connectivity index (χ3n) is 5.62. The maximum absolute atomic E-state index is 12.4. The Kier molecular flexibility index (Phi) is 7.86. The van der Waals surface area contributed by atoms with Crippen molar-refractivity contribution in [2.45, 2.75) is 51.7 Å². The third-order valence-corrected chi connectivity index (χ3v) is 5.62. The molecule has 1 aliphatic carbocycles. The van der Waals surface area contributed by atoms with E-state index in [1.54, 1.807) is 24.3 Å². The summed E-state index contributed by atoms with van der Waals surface area (Å²) < 4.78 is 9.95. The molecule has 3 rings (SSSR count). The van der Waals surface area contributed by atoms with Crippen LogP contribution in [0.25, 0.3) is 0 Å². The van der Waals surface area contributed by atoms with E-state index in [0.29, 0.717) is 35.7 Å². The summed E-state index contributed by atoms with van der Waals surface area (Å²) in [5, 5.41) is 3.25. The van der Waals surface area contributed by atoms with Gasteiger partial charge in [-0.25, -0.2) is 4.79 Å². The van der Waals surface area contributed by atoms with Gasteiger partial charge in [-0.2, -0.15) is 0 Å². The van der Waals surface area contributed by atoms with Gasteiger partial charge in [0.1, 0.15) is 0 Å².